The van der Waals surface area contributed by atoms with E-state index >= 15 is 0 Å². The molecule has 0 unspecified atom stereocenters. The minimum Gasteiger partial charge on any atom is -0.338 e. The Balaban J connectivity index is 1.72. The second-order valence-electron chi connectivity index (χ2n) is 5.10. The molecule has 0 aliphatic carbocycles. The van der Waals surface area contributed by atoms with Gasteiger partial charge in [-0.25, -0.2) is 4.98 Å². The van der Waals surface area contributed by atoms with Gasteiger partial charge in [-0.2, -0.15) is 4.98 Å². The highest BCUT2D eigenvalue weighted by Crippen LogP contribution is 2.22. The molecule has 3 aromatic rings. The van der Waals surface area contributed by atoms with Gasteiger partial charge in [-0.05, 0) is 37.6 Å². The minimum atomic E-state index is -0.0893. The van der Waals surface area contributed by atoms with E-state index in [2.05, 4.69) is 36.0 Å². The zero-order valence-corrected chi connectivity index (χ0v) is 15.6. The van der Waals surface area contributed by atoms with Crippen LogP contribution in [-0.2, 0) is 12.2 Å². The normalized spacial score (nSPS) is 11.0. The average molecular weight is 407 g/mol. The van der Waals surface area contributed by atoms with Gasteiger partial charge in [0, 0.05) is 21.3 Å². The third kappa shape index (κ3) is 3.76. The summed E-state index contributed by atoms with van der Waals surface area (Å²) in [5.74, 6) is 1.46. The number of halogens is 1. The first kappa shape index (κ1) is 16.9. The van der Waals surface area contributed by atoms with Gasteiger partial charge >= 0.3 is 0 Å². The third-order valence-electron chi connectivity index (χ3n) is 3.46. The number of hydrogen-bond donors (Lipinski definition) is 1. The van der Waals surface area contributed by atoms with E-state index in [4.69, 9.17) is 4.52 Å². The molecule has 0 bridgehead atoms. The lowest BCUT2D eigenvalue weighted by Gasteiger charge is -2.03. The largest absolute Gasteiger partial charge is 0.338 e. The van der Waals surface area contributed by atoms with Crippen molar-refractivity contribution >= 4 is 27.7 Å². The summed E-state index contributed by atoms with van der Waals surface area (Å²) in [6, 6.07) is 7.68. The van der Waals surface area contributed by atoms with Crippen molar-refractivity contribution in [3.05, 3.63) is 56.2 Å². The summed E-state index contributed by atoms with van der Waals surface area (Å²) >= 11 is 4.75. The first-order chi connectivity index (χ1) is 11.6. The van der Waals surface area contributed by atoms with E-state index in [1.165, 1.54) is 11.8 Å². The molecule has 2 heterocycles. The van der Waals surface area contributed by atoms with Crippen LogP contribution in [0.1, 0.15) is 24.1 Å². The van der Waals surface area contributed by atoms with Gasteiger partial charge < -0.3 is 9.51 Å². The van der Waals surface area contributed by atoms with Crippen molar-refractivity contribution in [2.24, 2.45) is 0 Å². The van der Waals surface area contributed by atoms with Gasteiger partial charge in [0.2, 0.25) is 11.7 Å². The molecule has 124 valence electrons. The summed E-state index contributed by atoms with van der Waals surface area (Å²) in [6.45, 7) is 3.78. The van der Waals surface area contributed by atoms with Crippen molar-refractivity contribution in [3.8, 4) is 11.4 Å². The van der Waals surface area contributed by atoms with Crippen molar-refractivity contribution in [1.29, 1.82) is 0 Å². The number of nitrogens with zero attached hydrogens (tertiary/aromatic N) is 3. The van der Waals surface area contributed by atoms with E-state index in [0.717, 1.165) is 21.3 Å². The molecule has 0 saturated heterocycles. The molecule has 0 aliphatic heterocycles. The van der Waals surface area contributed by atoms with Gasteiger partial charge in [0.25, 0.3) is 5.56 Å². The highest BCUT2D eigenvalue weighted by Gasteiger charge is 2.11. The topological polar surface area (TPSA) is 84.7 Å². The van der Waals surface area contributed by atoms with Crippen LogP contribution in [0.2, 0.25) is 0 Å². The highest BCUT2D eigenvalue weighted by molar-refractivity contribution is 9.10. The fourth-order valence-corrected chi connectivity index (χ4v) is 3.24. The smallest absolute Gasteiger partial charge is 0.254 e. The van der Waals surface area contributed by atoms with Crippen LogP contribution in [0.4, 0.5) is 0 Å². The number of benzene rings is 1. The predicted molar refractivity (Wildman–Crippen MR) is 96.0 cm³/mol. The standard InChI is InChI=1S/C16H15BrN4O2S/c1-3-12-9(2)18-16(20-15(12)22)24-8-13-19-14(21-23-13)10-4-6-11(17)7-5-10/h4-7H,3,8H2,1-2H3,(H,18,20,22). The number of aromatic nitrogens is 4. The summed E-state index contributed by atoms with van der Waals surface area (Å²) in [7, 11) is 0. The summed E-state index contributed by atoms with van der Waals surface area (Å²) in [5, 5.41) is 4.54. The van der Waals surface area contributed by atoms with Crippen molar-refractivity contribution in [2.45, 2.75) is 31.2 Å². The first-order valence-corrected chi connectivity index (χ1v) is 9.15. The van der Waals surface area contributed by atoms with Gasteiger partial charge in [0.05, 0.1) is 5.75 Å². The molecule has 0 atom stereocenters. The second kappa shape index (κ2) is 7.31. The molecule has 6 nitrogen and oxygen atoms in total. The lowest BCUT2D eigenvalue weighted by atomic mass is 10.2. The second-order valence-corrected chi connectivity index (χ2v) is 6.98. The fourth-order valence-electron chi connectivity index (χ4n) is 2.23. The lowest BCUT2D eigenvalue weighted by Crippen LogP contribution is -2.16. The van der Waals surface area contributed by atoms with Crippen LogP contribution in [0.3, 0.4) is 0 Å². The summed E-state index contributed by atoms with van der Waals surface area (Å²) in [6.07, 6.45) is 0.666. The molecule has 0 spiro atoms. The Morgan fingerprint density at radius 2 is 2.00 bits per heavy atom. The maximum atomic E-state index is 12.0. The molecule has 24 heavy (non-hydrogen) atoms. The van der Waals surface area contributed by atoms with E-state index < -0.39 is 0 Å². The van der Waals surface area contributed by atoms with E-state index in [1.807, 2.05) is 38.1 Å². The molecular formula is C16H15BrN4O2S. The molecule has 0 fully saturated rings. The summed E-state index contributed by atoms with van der Waals surface area (Å²) < 4.78 is 6.26. The third-order valence-corrected chi connectivity index (χ3v) is 4.84. The molecule has 0 saturated carbocycles. The maximum absolute atomic E-state index is 12.0. The zero-order valence-electron chi connectivity index (χ0n) is 13.2. The zero-order chi connectivity index (χ0) is 17.1. The van der Waals surface area contributed by atoms with E-state index in [-0.39, 0.29) is 5.56 Å². The number of rotatable bonds is 5. The van der Waals surface area contributed by atoms with Gasteiger partial charge in [0.1, 0.15) is 0 Å². The predicted octanol–water partition coefficient (Wildman–Crippen LogP) is 3.75. The van der Waals surface area contributed by atoms with Gasteiger partial charge in [-0.1, -0.05) is 39.8 Å². The monoisotopic (exact) mass is 406 g/mol. The molecule has 1 aromatic carbocycles. The number of nitrogens with one attached hydrogen (secondary N) is 1. The Hall–Kier alpha value is -1.93. The Labute approximate surface area is 151 Å². The molecular weight excluding hydrogens is 392 g/mol. The van der Waals surface area contributed by atoms with Crippen LogP contribution in [0.25, 0.3) is 11.4 Å². The summed E-state index contributed by atoms with van der Waals surface area (Å²) in [4.78, 5) is 23.5. The van der Waals surface area contributed by atoms with Crippen LogP contribution >= 0.6 is 27.7 Å². The Morgan fingerprint density at radius 1 is 1.25 bits per heavy atom. The van der Waals surface area contributed by atoms with Gasteiger partial charge in [-0.3, -0.25) is 4.79 Å². The Bertz CT molecular complexity index is 905. The molecule has 8 heteroatoms. The fraction of sp³-hybridized carbons (Fsp3) is 0.250. The van der Waals surface area contributed by atoms with Crippen LogP contribution in [0, 0.1) is 6.92 Å². The van der Waals surface area contributed by atoms with E-state index in [9.17, 15) is 4.79 Å². The van der Waals surface area contributed by atoms with E-state index in [1.54, 1.807) is 0 Å². The first-order valence-electron chi connectivity index (χ1n) is 7.38. The molecule has 0 aliphatic rings. The Morgan fingerprint density at radius 3 is 2.67 bits per heavy atom. The summed E-state index contributed by atoms with van der Waals surface area (Å²) in [5.41, 5.74) is 2.26. The number of aromatic amines is 1. The quantitative estimate of drug-likeness (QED) is 0.512. The van der Waals surface area contributed by atoms with Crippen LogP contribution in [0.5, 0.6) is 0 Å². The SMILES string of the molecule is CCc1c(C)nc(SCc2nc(-c3ccc(Br)cc3)no2)[nH]c1=O. The average Bonchev–Trinajstić information content (AvgIpc) is 3.02. The number of hydrogen-bond acceptors (Lipinski definition) is 6. The van der Waals surface area contributed by atoms with E-state index in [0.29, 0.717) is 29.0 Å². The lowest BCUT2D eigenvalue weighted by molar-refractivity contribution is 0.391. The van der Waals surface area contributed by atoms with Crippen LogP contribution in [0.15, 0.2) is 43.2 Å². The van der Waals surface area contributed by atoms with Crippen LogP contribution in [-0.4, -0.2) is 20.1 Å². The number of thioether (sulfide) groups is 1. The molecule has 0 radical (unpaired) electrons. The van der Waals surface area contributed by atoms with Gasteiger partial charge in [0.15, 0.2) is 5.16 Å². The van der Waals surface area contributed by atoms with Crippen molar-refractivity contribution in [3.63, 3.8) is 0 Å². The minimum absolute atomic E-state index is 0.0893. The maximum Gasteiger partial charge on any atom is 0.254 e. The molecule has 0 amide bonds. The van der Waals surface area contributed by atoms with Crippen molar-refractivity contribution in [1.82, 2.24) is 20.1 Å². The molecule has 1 N–H and O–H groups in total. The van der Waals surface area contributed by atoms with Crippen molar-refractivity contribution in [2.75, 3.05) is 0 Å². The number of aryl methyl sites for hydroxylation is 1. The Kier molecular flexibility index (Phi) is 5.15. The van der Waals surface area contributed by atoms with Gasteiger partial charge in [-0.15, -0.1) is 0 Å². The van der Waals surface area contributed by atoms with Crippen LogP contribution < -0.4 is 5.56 Å². The molecule has 3 rings (SSSR count). The number of H-pyrrole nitrogens is 1. The van der Waals surface area contributed by atoms with Crippen molar-refractivity contribution < 1.29 is 4.52 Å². The highest BCUT2D eigenvalue weighted by atomic mass is 79.9. The molecule has 2 aromatic heterocycles.